The molecule has 104 valence electrons. The summed E-state index contributed by atoms with van der Waals surface area (Å²) in [5.74, 6) is -28.2. The molecule has 10 heteroatoms. The predicted molar refractivity (Wildman–Crippen MR) is 38.7 cm³/mol. The van der Waals surface area contributed by atoms with Crippen LogP contribution in [0.2, 0.25) is 0 Å². The van der Waals surface area contributed by atoms with Gasteiger partial charge in [0.05, 0.1) is 0 Å². The first-order valence-electron chi connectivity index (χ1n) is 4.50. The third-order valence-corrected chi connectivity index (χ3v) is 2.54. The molecule has 2 nitrogen and oxygen atoms in total. The summed E-state index contributed by atoms with van der Waals surface area (Å²) in [7, 11) is 0. The van der Waals surface area contributed by atoms with Crippen LogP contribution >= 0.6 is 0 Å². The molecule has 1 aliphatic carbocycles. The van der Waals surface area contributed by atoms with Crippen molar-refractivity contribution in [3.8, 4) is 0 Å². The molecule has 0 aromatic carbocycles. The molecule has 18 heavy (non-hydrogen) atoms. The Labute approximate surface area is 94.1 Å². The Morgan fingerprint density at radius 1 is 0.611 bits per heavy atom. The van der Waals surface area contributed by atoms with E-state index >= 15 is 0 Å². The van der Waals surface area contributed by atoms with Crippen molar-refractivity contribution < 1.29 is 44.6 Å². The van der Waals surface area contributed by atoms with Crippen molar-refractivity contribution in [2.75, 3.05) is 13.2 Å². The highest BCUT2D eigenvalue weighted by Gasteiger charge is 2.88. The monoisotopic (exact) mass is 284 g/mol. The number of hydrogen-bond acceptors (Lipinski definition) is 2. The van der Waals surface area contributed by atoms with Gasteiger partial charge in [-0.2, -0.15) is 35.1 Å². The standard InChI is InChI=1S/C8H4F8O2/c9-5(10)3-4(18-2-1-17-3)6(11,12)8(15,16)7(5,13)14/h1-2H2. The molecule has 0 unspecified atom stereocenters. The van der Waals surface area contributed by atoms with Crippen LogP contribution in [-0.2, 0) is 9.47 Å². The van der Waals surface area contributed by atoms with Crippen molar-refractivity contribution >= 4 is 0 Å². The number of hydrogen-bond donors (Lipinski definition) is 0. The van der Waals surface area contributed by atoms with E-state index in [1.54, 1.807) is 0 Å². The minimum absolute atomic E-state index is 0.716. The van der Waals surface area contributed by atoms with Gasteiger partial charge in [-0.05, 0) is 0 Å². The van der Waals surface area contributed by atoms with Crippen LogP contribution in [0.5, 0.6) is 0 Å². The second kappa shape index (κ2) is 3.21. The van der Waals surface area contributed by atoms with E-state index in [4.69, 9.17) is 0 Å². The fraction of sp³-hybridized carbons (Fsp3) is 0.750. The number of ether oxygens (including phenoxy) is 2. The molecule has 0 saturated heterocycles. The zero-order valence-corrected chi connectivity index (χ0v) is 8.25. The van der Waals surface area contributed by atoms with E-state index in [9.17, 15) is 35.1 Å². The topological polar surface area (TPSA) is 18.5 Å². The van der Waals surface area contributed by atoms with E-state index in [1.807, 2.05) is 0 Å². The summed E-state index contributed by atoms with van der Waals surface area (Å²) in [6.45, 7) is -1.43. The Bertz CT molecular complexity index is 375. The molecule has 0 radical (unpaired) electrons. The Morgan fingerprint density at radius 3 is 1.17 bits per heavy atom. The molecule has 2 rings (SSSR count). The molecule has 0 amide bonds. The van der Waals surface area contributed by atoms with Crippen LogP contribution in [0.1, 0.15) is 0 Å². The van der Waals surface area contributed by atoms with Gasteiger partial charge in [-0.1, -0.05) is 0 Å². The van der Waals surface area contributed by atoms with E-state index in [2.05, 4.69) is 9.47 Å². The predicted octanol–water partition coefficient (Wildman–Crippen LogP) is 2.80. The zero-order chi connectivity index (χ0) is 14.0. The molecule has 0 aromatic heterocycles. The van der Waals surface area contributed by atoms with Gasteiger partial charge in [0.2, 0.25) is 11.5 Å². The van der Waals surface area contributed by atoms with Crippen LogP contribution in [0.4, 0.5) is 35.1 Å². The van der Waals surface area contributed by atoms with Crippen LogP contribution in [0.25, 0.3) is 0 Å². The molecule has 0 saturated carbocycles. The van der Waals surface area contributed by atoms with Crippen molar-refractivity contribution in [1.29, 1.82) is 0 Å². The minimum Gasteiger partial charge on any atom is -0.485 e. The van der Waals surface area contributed by atoms with Gasteiger partial charge in [-0.25, -0.2) is 0 Å². The summed E-state index contributed by atoms with van der Waals surface area (Å²) in [5.41, 5.74) is 0. The second-order valence-corrected chi connectivity index (χ2v) is 3.65. The largest absolute Gasteiger partial charge is 0.485 e. The average molecular weight is 284 g/mol. The van der Waals surface area contributed by atoms with E-state index in [0.717, 1.165) is 0 Å². The first-order valence-corrected chi connectivity index (χ1v) is 4.50. The molecule has 0 N–H and O–H groups in total. The highest BCUT2D eigenvalue weighted by Crippen LogP contribution is 2.62. The van der Waals surface area contributed by atoms with Crippen LogP contribution < -0.4 is 0 Å². The average Bonchev–Trinajstić information content (AvgIpc) is 2.27. The Morgan fingerprint density at radius 2 is 0.889 bits per heavy atom. The van der Waals surface area contributed by atoms with Gasteiger partial charge >= 0.3 is 23.7 Å². The molecule has 1 heterocycles. The lowest BCUT2D eigenvalue weighted by atomic mass is 9.88. The molecule has 1 aliphatic heterocycles. The fourth-order valence-corrected chi connectivity index (χ4v) is 1.56. The van der Waals surface area contributed by atoms with Gasteiger partial charge in [0.1, 0.15) is 13.2 Å². The second-order valence-electron chi connectivity index (χ2n) is 3.65. The van der Waals surface area contributed by atoms with Crippen LogP contribution in [0, 0.1) is 0 Å². The normalized spacial score (nSPS) is 31.1. The van der Waals surface area contributed by atoms with E-state index in [0.29, 0.717) is 0 Å². The lowest BCUT2D eigenvalue weighted by molar-refractivity contribution is -0.378. The van der Waals surface area contributed by atoms with Crippen molar-refractivity contribution in [2.24, 2.45) is 0 Å². The molecule has 0 spiro atoms. The van der Waals surface area contributed by atoms with Gasteiger partial charge < -0.3 is 9.47 Å². The summed E-state index contributed by atoms with van der Waals surface area (Å²) >= 11 is 0. The number of rotatable bonds is 0. The Hall–Kier alpha value is -1.22. The van der Waals surface area contributed by atoms with Crippen molar-refractivity contribution in [3.05, 3.63) is 11.5 Å². The summed E-state index contributed by atoms with van der Waals surface area (Å²) in [6, 6.07) is 0. The highest BCUT2D eigenvalue weighted by molar-refractivity contribution is 5.33. The summed E-state index contributed by atoms with van der Waals surface area (Å²) < 4.78 is 112. The van der Waals surface area contributed by atoms with Gasteiger partial charge in [-0.15, -0.1) is 0 Å². The number of alkyl halides is 8. The molecular formula is C8H4F8O2. The maximum absolute atomic E-state index is 13.1. The van der Waals surface area contributed by atoms with Crippen molar-refractivity contribution in [1.82, 2.24) is 0 Å². The van der Waals surface area contributed by atoms with E-state index in [-0.39, 0.29) is 0 Å². The van der Waals surface area contributed by atoms with Gasteiger partial charge in [-0.3, -0.25) is 0 Å². The minimum atomic E-state index is -6.29. The third-order valence-electron chi connectivity index (χ3n) is 2.54. The molecule has 0 bridgehead atoms. The van der Waals surface area contributed by atoms with Crippen LogP contribution in [-0.4, -0.2) is 36.9 Å². The zero-order valence-electron chi connectivity index (χ0n) is 8.25. The number of halogens is 8. The fourth-order valence-electron chi connectivity index (χ4n) is 1.56. The molecular weight excluding hydrogens is 280 g/mol. The lowest BCUT2D eigenvalue weighted by Crippen LogP contribution is -2.68. The third kappa shape index (κ3) is 1.18. The quantitative estimate of drug-likeness (QED) is 0.637. The maximum Gasteiger partial charge on any atom is 0.386 e. The van der Waals surface area contributed by atoms with E-state index < -0.39 is 48.4 Å². The van der Waals surface area contributed by atoms with E-state index in [1.165, 1.54) is 0 Å². The van der Waals surface area contributed by atoms with Crippen molar-refractivity contribution in [3.63, 3.8) is 0 Å². The highest BCUT2D eigenvalue weighted by atomic mass is 19.4. The smallest absolute Gasteiger partial charge is 0.386 e. The molecule has 0 fully saturated rings. The SMILES string of the molecule is FC1(F)C2=C(OCCO2)C(F)(F)C(F)(F)C1(F)F. The summed E-state index contributed by atoms with van der Waals surface area (Å²) in [5, 5.41) is 0. The van der Waals surface area contributed by atoms with Crippen LogP contribution in [0.15, 0.2) is 11.5 Å². The van der Waals surface area contributed by atoms with Gasteiger partial charge in [0.15, 0.2) is 0 Å². The summed E-state index contributed by atoms with van der Waals surface area (Å²) in [6.07, 6.45) is 0. The van der Waals surface area contributed by atoms with Gasteiger partial charge in [0.25, 0.3) is 0 Å². The molecule has 2 aliphatic rings. The lowest BCUT2D eigenvalue weighted by Gasteiger charge is -2.43. The molecule has 0 atom stereocenters. The first kappa shape index (κ1) is 13.2. The maximum atomic E-state index is 13.1. The first-order chi connectivity index (χ1) is 7.98. The van der Waals surface area contributed by atoms with Crippen molar-refractivity contribution in [2.45, 2.75) is 23.7 Å². The summed E-state index contributed by atoms with van der Waals surface area (Å²) in [4.78, 5) is 0. The Balaban J connectivity index is 2.73. The molecule has 0 aromatic rings. The van der Waals surface area contributed by atoms with Gasteiger partial charge in [0, 0.05) is 0 Å². The number of allylic oxidation sites excluding steroid dienone is 2. The van der Waals surface area contributed by atoms with Crippen LogP contribution in [0.3, 0.4) is 0 Å². The Kier molecular flexibility index (Phi) is 2.36.